The number of rotatable bonds is 4. The lowest BCUT2D eigenvalue weighted by molar-refractivity contribution is 0.570. The molecule has 1 rings (SSSR count). The van der Waals surface area contributed by atoms with E-state index in [2.05, 4.69) is 24.3 Å². The molecule has 0 saturated heterocycles. The quantitative estimate of drug-likeness (QED) is 0.736. The first-order valence-corrected chi connectivity index (χ1v) is 4.46. The van der Waals surface area contributed by atoms with E-state index >= 15 is 0 Å². The van der Waals surface area contributed by atoms with Crippen molar-refractivity contribution in [2.24, 2.45) is 7.05 Å². The van der Waals surface area contributed by atoms with Gasteiger partial charge in [0.1, 0.15) is 0 Å². The molecular weight excluding hydrogens is 150 g/mol. The summed E-state index contributed by atoms with van der Waals surface area (Å²) in [4.78, 5) is 0. The number of nitrogens with one attached hydrogen (secondary N) is 1. The molecule has 1 atom stereocenters. The van der Waals surface area contributed by atoms with Gasteiger partial charge in [-0.15, -0.1) is 0 Å². The monoisotopic (exact) mass is 167 g/mol. The summed E-state index contributed by atoms with van der Waals surface area (Å²) in [7, 11) is 1.94. The summed E-state index contributed by atoms with van der Waals surface area (Å²) in [5.74, 6) is 0. The number of aromatic nitrogens is 2. The Balaban J connectivity index is 2.47. The predicted molar refractivity (Wildman–Crippen MR) is 49.9 cm³/mol. The van der Waals surface area contributed by atoms with Gasteiger partial charge in [-0.1, -0.05) is 6.92 Å². The second-order valence-corrected chi connectivity index (χ2v) is 3.12. The Labute approximate surface area is 73.8 Å². The molecule has 0 spiro atoms. The average molecular weight is 167 g/mol. The number of aryl methyl sites for hydroxylation is 1. The summed E-state index contributed by atoms with van der Waals surface area (Å²) in [6, 6.07) is 0.415. The molecule has 0 unspecified atom stereocenters. The van der Waals surface area contributed by atoms with E-state index in [-0.39, 0.29) is 0 Å². The van der Waals surface area contributed by atoms with Crippen LogP contribution in [-0.4, -0.2) is 16.3 Å². The van der Waals surface area contributed by atoms with E-state index < -0.39 is 0 Å². The minimum atomic E-state index is 0.415. The summed E-state index contributed by atoms with van der Waals surface area (Å²) >= 11 is 0. The molecule has 0 aromatic carbocycles. The number of hydrogen-bond donors (Lipinski definition) is 1. The van der Waals surface area contributed by atoms with Gasteiger partial charge in [-0.25, -0.2) is 0 Å². The third kappa shape index (κ3) is 2.34. The smallest absolute Gasteiger partial charge is 0.0537 e. The summed E-state index contributed by atoms with van der Waals surface area (Å²) in [5.41, 5.74) is 1.26. The molecule has 0 bridgehead atoms. The normalized spacial score (nSPS) is 13.2. The molecule has 1 heterocycles. The minimum absolute atomic E-state index is 0.415. The zero-order valence-electron chi connectivity index (χ0n) is 8.04. The molecule has 3 nitrogen and oxygen atoms in total. The van der Waals surface area contributed by atoms with Crippen LogP contribution in [0.15, 0.2) is 12.4 Å². The highest BCUT2D eigenvalue weighted by Crippen LogP contribution is 2.09. The Morgan fingerprint density at radius 1 is 1.67 bits per heavy atom. The van der Waals surface area contributed by atoms with Crippen molar-refractivity contribution >= 4 is 0 Å². The zero-order chi connectivity index (χ0) is 8.97. The molecular formula is C9H17N3. The number of nitrogens with zero attached hydrogens (tertiary/aromatic N) is 2. The molecule has 68 valence electrons. The van der Waals surface area contributed by atoms with Crippen LogP contribution in [0.4, 0.5) is 0 Å². The van der Waals surface area contributed by atoms with Crippen LogP contribution < -0.4 is 5.32 Å². The maximum Gasteiger partial charge on any atom is 0.0537 e. The van der Waals surface area contributed by atoms with Crippen molar-refractivity contribution < 1.29 is 0 Å². The summed E-state index contributed by atoms with van der Waals surface area (Å²) in [5, 5.41) is 7.53. The van der Waals surface area contributed by atoms with Crippen molar-refractivity contribution in [1.29, 1.82) is 0 Å². The molecule has 1 aromatic rings. The Morgan fingerprint density at radius 3 is 2.92 bits per heavy atom. The fourth-order valence-corrected chi connectivity index (χ4v) is 1.14. The van der Waals surface area contributed by atoms with E-state index in [0.717, 1.165) is 6.54 Å². The maximum atomic E-state index is 4.12. The molecule has 0 radical (unpaired) electrons. The molecule has 0 aliphatic rings. The second-order valence-electron chi connectivity index (χ2n) is 3.12. The summed E-state index contributed by atoms with van der Waals surface area (Å²) in [6.07, 6.45) is 5.13. The summed E-state index contributed by atoms with van der Waals surface area (Å²) < 4.78 is 1.83. The fourth-order valence-electron chi connectivity index (χ4n) is 1.14. The van der Waals surface area contributed by atoms with Crippen LogP contribution in [0.3, 0.4) is 0 Å². The van der Waals surface area contributed by atoms with Crippen LogP contribution in [0.1, 0.15) is 31.9 Å². The lowest BCUT2D eigenvalue weighted by Crippen LogP contribution is -2.18. The molecule has 1 aromatic heterocycles. The van der Waals surface area contributed by atoms with Crippen LogP contribution in [0.25, 0.3) is 0 Å². The highest BCUT2D eigenvalue weighted by atomic mass is 15.2. The average Bonchev–Trinajstić information content (AvgIpc) is 2.47. The number of hydrogen-bond acceptors (Lipinski definition) is 2. The van der Waals surface area contributed by atoms with Crippen LogP contribution in [0, 0.1) is 0 Å². The Hall–Kier alpha value is -0.830. The van der Waals surface area contributed by atoms with Crippen LogP contribution >= 0.6 is 0 Å². The van der Waals surface area contributed by atoms with E-state index in [9.17, 15) is 0 Å². The first-order valence-electron chi connectivity index (χ1n) is 4.46. The van der Waals surface area contributed by atoms with E-state index in [1.807, 2.05) is 24.1 Å². The van der Waals surface area contributed by atoms with Gasteiger partial charge in [0.15, 0.2) is 0 Å². The van der Waals surface area contributed by atoms with Crippen molar-refractivity contribution in [1.82, 2.24) is 15.1 Å². The van der Waals surface area contributed by atoms with Crippen molar-refractivity contribution in [3.63, 3.8) is 0 Å². The Morgan fingerprint density at radius 2 is 2.42 bits per heavy atom. The van der Waals surface area contributed by atoms with Crippen LogP contribution in [-0.2, 0) is 7.05 Å². The highest BCUT2D eigenvalue weighted by molar-refractivity contribution is 5.08. The van der Waals surface area contributed by atoms with Crippen LogP contribution in [0.2, 0.25) is 0 Å². The topological polar surface area (TPSA) is 29.9 Å². The maximum absolute atomic E-state index is 4.12. The van der Waals surface area contributed by atoms with Crippen molar-refractivity contribution in [3.05, 3.63) is 18.0 Å². The Bertz CT molecular complexity index is 229. The molecule has 0 aliphatic heterocycles. The predicted octanol–water partition coefficient (Wildman–Crippen LogP) is 1.48. The van der Waals surface area contributed by atoms with Gasteiger partial charge in [0.2, 0.25) is 0 Å². The van der Waals surface area contributed by atoms with Crippen molar-refractivity contribution in [2.75, 3.05) is 6.54 Å². The third-order valence-electron chi connectivity index (χ3n) is 1.93. The molecule has 0 aliphatic carbocycles. The minimum Gasteiger partial charge on any atom is -0.310 e. The first kappa shape index (κ1) is 9.26. The van der Waals surface area contributed by atoms with E-state index in [1.54, 1.807) is 0 Å². The Kier molecular flexibility index (Phi) is 3.29. The molecule has 0 fully saturated rings. The molecule has 0 amide bonds. The van der Waals surface area contributed by atoms with Gasteiger partial charge < -0.3 is 5.32 Å². The zero-order valence-corrected chi connectivity index (χ0v) is 8.04. The SMILES string of the molecule is CCCN[C@@H](C)c1cnn(C)c1. The molecule has 1 N–H and O–H groups in total. The molecule has 0 saturated carbocycles. The van der Waals surface area contributed by atoms with Gasteiger partial charge in [0, 0.05) is 24.8 Å². The largest absolute Gasteiger partial charge is 0.310 e. The van der Waals surface area contributed by atoms with Gasteiger partial charge in [0.05, 0.1) is 6.20 Å². The lowest BCUT2D eigenvalue weighted by atomic mass is 10.2. The molecule has 12 heavy (non-hydrogen) atoms. The van der Waals surface area contributed by atoms with Crippen molar-refractivity contribution in [3.8, 4) is 0 Å². The lowest BCUT2D eigenvalue weighted by Gasteiger charge is -2.09. The van der Waals surface area contributed by atoms with Gasteiger partial charge in [0.25, 0.3) is 0 Å². The van der Waals surface area contributed by atoms with Crippen molar-refractivity contribution in [2.45, 2.75) is 26.3 Å². The van der Waals surface area contributed by atoms with E-state index in [4.69, 9.17) is 0 Å². The first-order chi connectivity index (χ1) is 5.74. The highest BCUT2D eigenvalue weighted by Gasteiger charge is 2.04. The van der Waals surface area contributed by atoms with E-state index in [1.165, 1.54) is 12.0 Å². The van der Waals surface area contributed by atoms with Gasteiger partial charge in [-0.3, -0.25) is 4.68 Å². The molecule has 3 heteroatoms. The standard InChI is InChI=1S/C9H17N3/c1-4-5-10-8(2)9-6-11-12(3)7-9/h6-8,10H,4-5H2,1-3H3/t8-/m0/s1. The third-order valence-corrected chi connectivity index (χ3v) is 1.93. The van der Waals surface area contributed by atoms with Gasteiger partial charge in [-0.2, -0.15) is 5.10 Å². The van der Waals surface area contributed by atoms with Gasteiger partial charge >= 0.3 is 0 Å². The van der Waals surface area contributed by atoms with Crippen LogP contribution in [0.5, 0.6) is 0 Å². The van der Waals surface area contributed by atoms with Gasteiger partial charge in [-0.05, 0) is 19.9 Å². The summed E-state index contributed by atoms with van der Waals surface area (Å²) in [6.45, 7) is 5.39. The second kappa shape index (κ2) is 4.26. The van der Waals surface area contributed by atoms with E-state index in [0.29, 0.717) is 6.04 Å². The fraction of sp³-hybridized carbons (Fsp3) is 0.667.